The number of likely N-dealkylation sites (tertiary alicyclic amines) is 1. The fourth-order valence-electron chi connectivity index (χ4n) is 3.58. The second kappa shape index (κ2) is 6.34. The molecule has 0 radical (unpaired) electrons. The monoisotopic (exact) mass is 325 g/mol. The van der Waals surface area contributed by atoms with Gasteiger partial charge in [-0.2, -0.15) is 0 Å². The van der Waals surface area contributed by atoms with Gasteiger partial charge in [-0.25, -0.2) is 4.98 Å². The van der Waals surface area contributed by atoms with E-state index in [-0.39, 0.29) is 0 Å². The predicted molar refractivity (Wildman–Crippen MR) is 94.8 cm³/mol. The number of piperidine rings is 1. The smallest absolute Gasteiger partial charge is 0.137 e. The van der Waals surface area contributed by atoms with Crippen LogP contribution in [0.25, 0.3) is 11.0 Å². The number of fused-ring (bicyclic) bond motifs is 1. The summed E-state index contributed by atoms with van der Waals surface area (Å²) in [6, 6.07) is 12.3. The van der Waals surface area contributed by atoms with E-state index in [9.17, 15) is 0 Å². The van der Waals surface area contributed by atoms with Gasteiger partial charge in [0.2, 0.25) is 0 Å². The third-order valence-electron chi connectivity index (χ3n) is 4.86. The number of nitrogens with one attached hydrogen (secondary N) is 1. The Bertz CT molecular complexity index is 803. The molecule has 23 heavy (non-hydrogen) atoms. The number of halogens is 1. The zero-order valence-electron chi connectivity index (χ0n) is 13.0. The summed E-state index contributed by atoms with van der Waals surface area (Å²) in [5.41, 5.74) is 3.65. The number of aromatic amines is 1. The van der Waals surface area contributed by atoms with Gasteiger partial charge < -0.3 is 4.98 Å². The summed E-state index contributed by atoms with van der Waals surface area (Å²) in [4.78, 5) is 10.2. The van der Waals surface area contributed by atoms with E-state index in [1.165, 1.54) is 29.4 Å². The van der Waals surface area contributed by atoms with Gasteiger partial charge in [-0.1, -0.05) is 29.8 Å². The van der Waals surface area contributed by atoms with Gasteiger partial charge >= 0.3 is 0 Å². The van der Waals surface area contributed by atoms with E-state index in [0.29, 0.717) is 5.92 Å². The number of aromatic nitrogens is 2. The van der Waals surface area contributed by atoms with Crippen molar-refractivity contribution < 1.29 is 0 Å². The zero-order chi connectivity index (χ0) is 15.6. The lowest BCUT2D eigenvalue weighted by atomic mass is 9.89. The van der Waals surface area contributed by atoms with E-state index in [1.807, 2.05) is 24.4 Å². The molecule has 0 amide bonds. The van der Waals surface area contributed by atoms with Crippen molar-refractivity contribution in [2.24, 2.45) is 0 Å². The summed E-state index contributed by atoms with van der Waals surface area (Å²) >= 11 is 6.28. The summed E-state index contributed by atoms with van der Waals surface area (Å²) in [7, 11) is 0. The highest BCUT2D eigenvalue weighted by Gasteiger charge is 2.23. The molecule has 0 unspecified atom stereocenters. The Balaban J connectivity index is 1.44. The molecule has 3 heterocycles. The van der Waals surface area contributed by atoms with Crippen molar-refractivity contribution in [2.45, 2.75) is 25.3 Å². The predicted octanol–water partition coefficient (Wildman–Crippen LogP) is 4.60. The van der Waals surface area contributed by atoms with E-state index >= 15 is 0 Å². The van der Waals surface area contributed by atoms with Gasteiger partial charge in [0.15, 0.2) is 0 Å². The number of nitrogens with zero attached hydrogens (tertiary/aromatic N) is 2. The van der Waals surface area contributed by atoms with Gasteiger partial charge in [-0.3, -0.25) is 4.90 Å². The van der Waals surface area contributed by atoms with E-state index in [1.54, 1.807) is 0 Å². The minimum atomic E-state index is 0.621. The minimum Gasteiger partial charge on any atom is -0.346 e. The topological polar surface area (TPSA) is 31.9 Å². The fraction of sp³-hybridized carbons (Fsp3) is 0.316. The Kier molecular flexibility index (Phi) is 4.06. The largest absolute Gasteiger partial charge is 0.346 e. The average Bonchev–Trinajstić information content (AvgIpc) is 3.02. The van der Waals surface area contributed by atoms with Crippen LogP contribution in [0.3, 0.4) is 0 Å². The van der Waals surface area contributed by atoms with Crippen LogP contribution in [0.4, 0.5) is 0 Å². The van der Waals surface area contributed by atoms with Crippen LogP contribution in [0.15, 0.2) is 48.8 Å². The molecule has 1 fully saturated rings. The highest BCUT2D eigenvalue weighted by Crippen LogP contribution is 2.33. The van der Waals surface area contributed by atoms with Crippen LogP contribution in [0.5, 0.6) is 0 Å². The quantitative estimate of drug-likeness (QED) is 0.763. The maximum Gasteiger partial charge on any atom is 0.137 e. The lowest BCUT2D eigenvalue weighted by molar-refractivity contribution is 0.205. The normalized spacial score (nSPS) is 16.9. The third kappa shape index (κ3) is 2.99. The number of rotatable bonds is 3. The molecule has 1 N–H and O–H groups in total. The van der Waals surface area contributed by atoms with E-state index in [0.717, 1.165) is 30.3 Å². The molecule has 0 spiro atoms. The van der Waals surface area contributed by atoms with Crippen LogP contribution in [0.1, 0.15) is 29.9 Å². The van der Waals surface area contributed by atoms with Gasteiger partial charge in [-0.15, -0.1) is 0 Å². The third-order valence-corrected chi connectivity index (χ3v) is 5.23. The second-order valence-electron chi connectivity index (χ2n) is 6.29. The molecule has 1 aromatic carbocycles. The molecule has 4 heteroatoms. The van der Waals surface area contributed by atoms with Crippen molar-refractivity contribution in [3.05, 3.63) is 64.9 Å². The molecule has 2 aromatic heterocycles. The maximum atomic E-state index is 6.28. The molecule has 3 aromatic rings. The number of pyridine rings is 1. The first-order valence-electron chi connectivity index (χ1n) is 8.19. The molecule has 0 bridgehead atoms. The molecule has 1 aliphatic rings. The number of benzene rings is 1. The highest BCUT2D eigenvalue weighted by atomic mass is 35.5. The van der Waals surface area contributed by atoms with Crippen LogP contribution < -0.4 is 0 Å². The van der Waals surface area contributed by atoms with Crippen molar-refractivity contribution in [3.8, 4) is 0 Å². The first-order valence-corrected chi connectivity index (χ1v) is 8.57. The Morgan fingerprint density at radius 1 is 1.13 bits per heavy atom. The summed E-state index contributed by atoms with van der Waals surface area (Å²) in [6.45, 7) is 3.17. The van der Waals surface area contributed by atoms with Crippen LogP contribution in [-0.2, 0) is 6.54 Å². The molecule has 1 saturated heterocycles. The molecule has 118 valence electrons. The summed E-state index contributed by atoms with van der Waals surface area (Å²) in [6.07, 6.45) is 6.36. The lowest BCUT2D eigenvalue weighted by Gasteiger charge is -2.32. The van der Waals surface area contributed by atoms with Crippen molar-refractivity contribution in [1.82, 2.24) is 14.9 Å². The minimum absolute atomic E-state index is 0.621. The number of hydrogen-bond donors (Lipinski definition) is 1. The first-order chi connectivity index (χ1) is 11.3. The maximum absolute atomic E-state index is 6.28. The fourth-order valence-corrected chi connectivity index (χ4v) is 3.78. The van der Waals surface area contributed by atoms with Crippen molar-refractivity contribution in [1.29, 1.82) is 0 Å². The Hall–Kier alpha value is -1.84. The first kappa shape index (κ1) is 14.7. The highest BCUT2D eigenvalue weighted by molar-refractivity contribution is 6.31. The Labute approximate surface area is 141 Å². The van der Waals surface area contributed by atoms with Crippen LogP contribution in [0, 0.1) is 0 Å². The van der Waals surface area contributed by atoms with Crippen molar-refractivity contribution in [3.63, 3.8) is 0 Å². The van der Waals surface area contributed by atoms with Gasteiger partial charge in [-0.05, 0) is 61.2 Å². The Morgan fingerprint density at radius 3 is 2.78 bits per heavy atom. The molecule has 3 nitrogen and oxygen atoms in total. The molecule has 0 atom stereocenters. The zero-order valence-corrected chi connectivity index (χ0v) is 13.8. The summed E-state index contributed by atoms with van der Waals surface area (Å²) in [5, 5.41) is 2.15. The Morgan fingerprint density at radius 2 is 1.96 bits per heavy atom. The summed E-state index contributed by atoms with van der Waals surface area (Å²) in [5.74, 6) is 0.621. The molecule has 0 aliphatic carbocycles. The molecule has 4 rings (SSSR count). The van der Waals surface area contributed by atoms with Crippen molar-refractivity contribution >= 4 is 22.6 Å². The summed E-state index contributed by atoms with van der Waals surface area (Å²) < 4.78 is 0. The number of H-pyrrole nitrogens is 1. The number of hydrogen-bond acceptors (Lipinski definition) is 2. The van der Waals surface area contributed by atoms with Gasteiger partial charge in [0.1, 0.15) is 5.65 Å². The molecular weight excluding hydrogens is 306 g/mol. The second-order valence-corrected chi connectivity index (χ2v) is 6.69. The van der Waals surface area contributed by atoms with E-state index in [2.05, 4.69) is 39.3 Å². The lowest BCUT2D eigenvalue weighted by Crippen LogP contribution is -2.32. The van der Waals surface area contributed by atoms with E-state index in [4.69, 9.17) is 11.6 Å². The van der Waals surface area contributed by atoms with E-state index < -0.39 is 0 Å². The molecule has 0 saturated carbocycles. The molecule has 1 aliphatic heterocycles. The average molecular weight is 326 g/mol. The van der Waals surface area contributed by atoms with Crippen LogP contribution >= 0.6 is 11.6 Å². The van der Waals surface area contributed by atoms with Crippen LogP contribution in [-0.4, -0.2) is 28.0 Å². The van der Waals surface area contributed by atoms with Gasteiger partial charge in [0, 0.05) is 29.3 Å². The van der Waals surface area contributed by atoms with Crippen LogP contribution in [0.2, 0.25) is 5.02 Å². The molecular formula is C19H20ClN3. The van der Waals surface area contributed by atoms with Gasteiger partial charge in [0.25, 0.3) is 0 Å². The standard InChI is InChI=1S/C19H20ClN3/c20-18-6-2-1-4-15(18)13-23-10-7-14(8-11-23)17-12-22-19-16(17)5-3-9-21-19/h1-6,9,12,14H,7-8,10-11,13H2,(H,21,22). The van der Waals surface area contributed by atoms with Gasteiger partial charge in [0.05, 0.1) is 0 Å². The SMILES string of the molecule is Clc1ccccc1CN1CCC(c2c[nH]c3ncccc23)CC1. The van der Waals surface area contributed by atoms with Crippen molar-refractivity contribution in [2.75, 3.05) is 13.1 Å².